The number of likely N-dealkylation sites (N-methyl/N-ethyl adjacent to an activating group) is 1. The molecule has 1 aliphatic heterocycles. The van der Waals surface area contributed by atoms with Crippen LogP contribution in [0.1, 0.15) is 15.9 Å². The van der Waals surface area contributed by atoms with Crippen LogP contribution in [0.4, 0.5) is 0 Å². The van der Waals surface area contributed by atoms with Gasteiger partial charge >= 0.3 is 0 Å². The molecule has 1 aromatic carbocycles. The first-order chi connectivity index (χ1) is 7.66. The van der Waals surface area contributed by atoms with Crippen LogP contribution < -0.4 is 10.1 Å². The highest BCUT2D eigenvalue weighted by molar-refractivity contribution is 5.98. The molecule has 0 unspecified atom stereocenters. The third kappa shape index (κ3) is 2.33. The Balaban J connectivity index is 1.99. The van der Waals surface area contributed by atoms with Gasteiger partial charge in [-0.2, -0.15) is 0 Å². The second-order valence-corrected chi connectivity index (χ2v) is 4.15. The van der Waals surface area contributed by atoms with E-state index >= 15 is 0 Å². The number of carbonyl (C=O) groups is 1. The van der Waals surface area contributed by atoms with Crippen molar-refractivity contribution < 1.29 is 9.53 Å². The van der Waals surface area contributed by atoms with Gasteiger partial charge in [-0.15, -0.1) is 0 Å². The van der Waals surface area contributed by atoms with Crippen LogP contribution in [-0.4, -0.2) is 38.1 Å². The number of carbonyl (C=O) groups excluding carboxylic acids is 1. The molecule has 2 rings (SSSR count). The van der Waals surface area contributed by atoms with E-state index in [-0.39, 0.29) is 5.91 Å². The first kappa shape index (κ1) is 11.0. The predicted octanol–water partition coefficient (Wildman–Crippen LogP) is 0.870. The average molecular weight is 220 g/mol. The minimum Gasteiger partial charge on any atom is -0.492 e. The Morgan fingerprint density at radius 1 is 1.44 bits per heavy atom. The summed E-state index contributed by atoms with van der Waals surface area (Å²) in [5, 5.41) is 2.78. The fourth-order valence-corrected chi connectivity index (χ4v) is 1.64. The van der Waals surface area contributed by atoms with Gasteiger partial charge in [0.05, 0.1) is 0 Å². The van der Waals surface area contributed by atoms with Gasteiger partial charge in [0.2, 0.25) is 0 Å². The first-order valence-corrected chi connectivity index (χ1v) is 5.35. The monoisotopic (exact) mass is 220 g/mol. The molecular formula is C12H16N2O2. The quantitative estimate of drug-likeness (QED) is 0.818. The fraction of sp³-hybridized carbons (Fsp3) is 0.417. The maximum atomic E-state index is 11.3. The summed E-state index contributed by atoms with van der Waals surface area (Å²) >= 11 is 0. The van der Waals surface area contributed by atoms with Crippen molar-refractivity contribution in [2.45, 2.75) is 6.54 Å². The summed E-state index contributed by atoms with van der Waals surface area (Å²) in [5.41, 5.74) is 1.78. The van der Waals surface area contributed by atoms with Crippen molar-refractivity contribution in [1.82, 2.24) is 10.2 Å². The van der Waals surface area contributed by atoms with Gasteiger partial charge in [-0.3, -0.25) is 4.79 Å². The van der Waals surface area contributed by atoms with Crippen molar-refractivity contribution in [3.05, 3.63) is 29.3 Å². The molecule has 1 amide bonds. The van der Waals surface area contributed by atoms with Gasteiger partial charge in [0.1, 0.15) is 12.4 Å². The minimum atomic E-state index is 0.00911. The number of hydrogen-bond donors (Lipinski definition) is 1. The molecule has 1 aromatic rings. The fourth-order valence-electron chi connectivity index (χ4n) is 1.64. The van der Waals surface area contributed by atoms with Crippen molar-refractivity contribution in [2.75, 3.05) is 27.2 Å². The van der Waals surface area contributed by atoms with Crippen LogP contribution in [-0.2, 0) is 6.54 Å². The number of nitrogens with one attached hydrogen (secondary N) is 1. The summed E-state index contributed by atoms with van der Waals surface area (Å²) in [6.45, 7) is 2.15. The second-order valence-electron chi connectivity index (χ2n) is 4.15. The predicted molar refractivity (Wildman–Crippen MR) is 61.7 cm³/mol. The maximum Gasteiger partial charge on any atom is 0.251 e. The molecule has 0 bridgehead atoms. The molecule has 0 aromatic heterocycles. The molecule has 1 aliphatic rings. The normalized spacial score (nSPS) is 13.8. The van der Waals surface area contributed by atoms with Crippen LogP contribution in [0.15, 0.2) is 18.2 Å². The molecule has 4 heteroatoms. The summed E-state index contributed by atoms with van der Waals surface area (Å²) in [4.78, 5) is 13.4. The Kier molecular flexibility index (Phi) is 3.10. The minimum absolute atomic E-state index is 0.00911. The standard InChI is InChI=1S/C12H16N2O2/c1-14(2)5-6-16-10-3-4-11-9(7-10)8-13-12(11)15/h3-4,7H,5-6,8H2,1-2H3,(H,13,15). The lowest BCUT2D eigenvalue weighted by molar-refractivity contribution is 0.0966. The second kappa shape index (κ2) is 4.53. The first-order valence-electron chi connectivity index (χ1n) is 5.35. The highest BCUT2D eigenvalue weighted by Crippen LogP contribution is 2.21. The van der Waals surface area contributed by atoms with Gasteiger partial charge in [-0.1, -0.05) is 0 Å². The summed E-state index contributed by atoms with van der Waals surface area (Å²) in [7, 11) is 4.02. The number of fused-ring (bicyclic) bond motifs is 1. The summed E-state index contributed by atoms with van der Waals surface area (Å²) < 4.78 is 5.60. The number of nitrogens with zero attached hydrogens (tertiary/aromatic N) is 1. The molecule has 86 valence electrons. The summed E-state index contributed by atoms with van der Waals surface area (Å²) in [6.07, 6.45) is 0. The van der Waals surface area contributed by atoms with E-state index in [1.165, 1.54) is 0 Å². The lowest BCUT2D eigenvalue weighted by Crippen LogP contribution is -2.19. The Hall–Kier alpha value is -1.55. The molecule has 4 nitrogen and oxygen atoms in total. The smallest absolute Gasteiger partial charge is 0.251 e. The third-order valence-corrected chi connectivity index (χ3v) is 2.57. The Morgan fingerprint density at radius 3 is 3.00 bits per heavy atom. The number of rotatable bonds is 4. The van der Waals surface area contributed by atoms with Gasteiger partial charge in [-0.25, -0.2) is 0 Å². The van der Waals surface area contributed by atoms with Gasteiger partial charge < -0.3 is 15.0 Å². The van der Waals surface area contributed by atoms with E-state index in [0.717, 1.165) is 23.4 Å². The molecule has 0 atom stereocenters. The molecule has 0 spiro atoms. The molecule has 16 heavy (non-hydrogen) atoms. The summed E-state index contributed by atoms with van der Waals surface area (Å²) in [6, 6.07) is 5.60. The highest BCUT2D eigenvalue weighted by Gasteiger charge is 2.18. The van der Waals surface area contributed by atoms with E-state index in [9.17, 15) is 4.79 Å². The lowest BCUT2D eigenvalue weighted by Gasteiger charge is -2.11. The van der Waals surface area contributed by atoms with Crippen molar-refractivity contribution in [3.8, 4) is 5.75 Å². The molecular weight excluding hydrogens is 204 g/mol. The molecule has 0 aliphatic carbocycles. The SMILES string of the molecule is CN(C)CCOc1ccc2c(c1)CNC2=O. The molecule has 1 N–H and O–H groups in total. The van der Waals surface area contributed by atoms with Crippen molar-refractivity contribution in [2.24, 2.45) is 0 Å². The van der Waals surface area contributed by atoms with E-state index in [1.54, 1.807) is 0 Å². The van der Waals surface area contributed by atoms with Gasteiger partial charge in [0, 0.05) is 18.7 Å². The number of benzene rings is 1. The van der Waals surface area contributed by atoms with Crippen molar-refractivity contribution in [1.29, 1.82) is 0 Å². The van der Waals surface area contributed by atoms with E-state index in [1.807, 2.05) is 32.3 Å². The van der Waals surface area contributed by atoms with E-state index in [4.69, 9.17) is 4.74 Å². The third-order valence-electron chi connectivity index (χ3n) is 2.57. The highest BCUT2D eigenvalue weighted by atomic mass is 16.5. The molecule has 1 heterocycles. The number of amides is 1. The van der Waals surface area contributed by atoms with Gasteiger partial charge in [0.25, 0.3) is 5.91 Å². The zero-order valence-electron chi connectivity index (χ0n) is 9.62. The van der Waals surface area contributed by atoms with Crippen LogP contribution in [0, 0.1) is 0 Å². The van der Waals surface area contributed by atoms with Crippen LogP contribution >= 0.6 is 0 Å². The number of ether oxygens (including phenoxy) is 1. The molecule has 0 saturated carbocycles. The average Bonchev–Trinajstić information content (AvgIpc) is 2.60. The zero-order valence-corrected chi connectivity index (χ0v) is 9.62. The Labute approximate surface area is 95.2 Å². The summed E-state index contributed by atoms with van der Waals surface area (Å²) in [5.74, 6) is 0.840. The lowest BCUT2D eigenvalue weighted by atomic mass is 10.1. The van der Waals surface area contributed by atoms with E-state index in [2.05, 4.69) is 10.2 Å². The van der Waals surface area contributed by atoms with Gasteiger partial charge in [0.15, 0.2) is 0 Å². The van der Waals surface area contributed by atoms with Crippen LogP contribution in [0.2, 0.25) is 0 Å². The van der Waals surface area contributed by atoms with Crippen molar-refractivity contribution in [3.63, 3.8) is 0 Å². The zero-order chi connectivity index (χ0) is 11.5. The molecule has 0 radical (unpaired) electrons. The van der Waals surface area contributed by atoms with Crippen LogP contribution in [0.5, 0.6) is 5.75 Å². The van der Waals surface area contributed by atoms with E-state index in [0.29, 0.717) is 13.2 Å². The van der Waals surface area contributed by atoms with Gasteiger partial charge in [-0.05, 0) is 37.9 Å². The maximum absolute atomic E-state index is 11.3. The van der Waals surface area contributed by atoms with Crippen LogP contribution in [0.25, 0.3) is 0 Å². The number of hydrogen-bond acceptors (Lipinski definition) is 3. The Morgan fingerprint density at radius 2 is 2.25 bits per heavy atom. The largest absolute Gasteiger partial charge is 0.492 e. The van der Waals surface area contributed by atoms with Crippen molar-refractivity contribution >= 4 is 5.91 Å². The Bertz CT molecular complexity index is 402. The topological polar surface area (TPSA) is 41.6 Å². The molecule has 0 saturated heterocycles. The molecule has 0 fully saturated rings. The van der Waals surface area contributed by atoms with Crippen LogP contribution in [0.3, 0.4) is 0 Å². The van der Waals surface area contributed by atoms with E-state index < -0.39 is 0 Å².